The molecule has 2 aliphatic heterocycles. The minimum Gasteiger partial charge on any atom is -0.489 e. The van der Waals surface area contributed by atoms with Crippen molar-refractivity contribution >= 4 is 39.8 Å². The lowest BCUT2D eigenvalue weighted by atomic mass is 10.1. The van der Waals surface area contributed by atoms with Crippen molar-refractivity contribution in [3.8, 4) is 5.75 Å². The number of hydrogen-bond acceptors (Lipinski definition) is 6. The van der Waals surface area contributed by atoms with Crippen LogP contribution in [0.25, 0.3) is 6.08 Å². The first-order valence-corrected chi connectivity index (χ1v) is 11.1. The smallest absolute Gasteiger partial charge is 0.283 e. The molecule has 5 rings (SSSR count). The molecule has 0 fully saturated rings. The quantitative estimate of drug-likeness (QED) is 0.569. The Kier molecular flexibility index (Phi) is 5.58. The number of rotatable bonds is 5. The molecule has 33 heavy (non-hydrogen) atoms. The van der Waals surface area contributed by atoms with E-state index in [1.54, 1.807) is 18.5 Å². The Labute approximate surface area is 195 Å². The molecule has 3 aromatic rings. The van der Waals surface area contributed by atoms with Crippen LogP contribution in [0, 0.1) is 12.3 Å². The summed E-state index contributed by atoms with van der Waals surface area (Å²) in [6, 6.07) is 19.3. The summed E-state index contributed by atoms with van der Waals surface area (Å²) in [7, 11) is 0. The first-order chi connectivity index (χ1) is 16.1. The van der Waals surface area contributed by atoms with Crippen LogP contribution < -0.4 is 4.74 Å². The highest BCUT2D eigenvalue weighted by Crippen LogP contribution is 2.30. The van der Waals surface area contributed by atoms with Crippen molar-refractivity contribution in [3.63, 3.8) is 0 Å². The van der Waals surface area contributed by atoms with E-state index in [0.717, 1.165) is 22.4 Å². The lowest BCUT2D eigenvalue weighted by molar-refractivity contribution is -0.114. The van der Waals surface area contributed by atoms with Crippen molar-refractivity contribution in [2.45, 2.75) is 13.5 Å². The average Bonchev–Trinajstić information content (AvgIpc) is 3.27. The maximum absolute atomic E-state index is 12.6. The van der Waals surface area contributed by atoms with E-state index in [0.29, 0.717) is 16.8 Å². The van der Waals surface area contributed by atoms with Gasteiger partial charge in [-0.2, -0.15) is 15.1 Å². The lowest BCUT2D eigenvalue weighted by Crippen LogP contribution is -2.35. The second kappa shape index (κ2) is 8.84. The zero-order valence-corrected chi connectivity index (χ0v) is 18.5. The van der Waals surface area contributed by atoms with Crippen LogP contribution in [0.4, 0.5) is 0 Å². The van der Waals surface area contributed by atoms with E-state index in [1.807, 2.05) is 48.5 Å². The molecule has 2 aliphatic rings. The molecule has 0 saturated carbocycles. The van der Waals surface area contributed by atoms with Gasteiger partial charge in [0.25, 0.3) is 5.91 Å². The van der Waals surface area contributed by atoms with Gasteiger partial charge in [-0.05, 0) is 60.2 Å². The van der Waals surface area contributed by atoms with E-state index < -0.39 is 5.91 Å². The normalized spacial score (nSPS) is 16.5. The Bertz CT molecular complexity index is 1310. The number of benzene rings is 2. The summed E-state index contributed by atoms with van der Waals surface area (Å²) in [5.74, 6) is 0.266. The van der Waals surface area contributed by atoms with Crippen LogP contribution in [0.3, 0.4) is 0 Å². The predicted molar refractivity (Wildman–Crippen MR) is 130 cm³/mol. The number of carbonyl (C=O) groups is 1. The Morgan fingerprint density at radius 1 is 1.09 bits per heavy atom. The SMILES string of the molecule is Cc1ccc(COc2ccc(/C=C3/C(=N)N4N=C(c5cccnc5)SC4=NC3=O)cc2)cc1. The molecule has 0 unspecified atom stereocenters. The zero-order valence-electron chi connectivity index (χ0n) is 17.7. The molecule has 162 valence electrons. The van der Waals surface area contributed by atoms with Gasteiger partial charge in [0.05, 0.1) is 5.57 Å². The largest absolute Gasteiger partial charge is 0.489 e. The van der Waals surface area contributed by atoms with Gasteiger partial charge in [-0.15, -0.1) is 0 Å². The van der Waals surface area contributed by atoms with E-state index in [-0.39, 0.29) is 11.4 Å². The number of aryl methyl sites for hydroxylation is 1. The van der Waals surface area contributed by atoms with Crippen molar-refractivity contribution < 1.29 is 9.53 Å². The Morgan fingerprint density at radius 3 is 2.61 bits per heavy atom. The topological polar surface area (TPSA) is 91.0 Å². The third-order valence-electron chi connectivity index (χ3n) is 5.08. The number of carbonyl (C=O) groups excluding carboxylic acids is 1. The number of ether oxygens (including phenoxy) is 1. The van der Waals surface area contributed by atoms with Gasteiger partial charge in [0.1, 0.15) is 17.4 Å². The van der Waals surface area contributed by atoms with Crippen LogP contribution in [-0.4, -0.2) is 31.9 Å². The molecule has 0 saturated heterocycles. The summed E-state index contributed by atoms with van der Waals surface area (Å²) >= 11 is 1.25. The van der Waals surface area contributed by atoms with Gasteiger partial charge < -0.3 is 4.74 Å². The van der Waals surface area contributed by atoms with E-state index in [1.165, 1.54) is 22.3 Å². The molecule has 0 atom stereocenters. The molecule has 0 bridgehead atoms. The fourth-order valence-corrected chi connectivity index (χ4v) is 4.16. The molecule has 0 radical (unpaired) electrons. The van der Waals surface area contributed by atoms with Crippen molar-refractivity contribution in [2.75, 3.05) is 0 Å². The zero-order chi connectivity index (χ0) is 22.8. The molecular weight excluding hydrogens is 434 g/mol. The fourth-order valence-electron chi connectivity index (χ4n) is 3.28. The molecule has 0 spiro atoms. The number of amidine groups is 2. The van der Waals surface area contributed by atoms with Crippen LogP contribution in [0.15, 0.2) is 88.7 Å². The summed E-state index contributed by atoms with van der Waals surface area (Å²) < 4.78 is 5.84. The first kappa shape index (κ1) is 20.8. The molecular formula is C25H19N5O2S. The van der Waals surface area contributed by atoms with Gasteiger partial charge >= 0.3 is 0 Å². The van der Waals surface area contributed by atoms with Gasteiger partial charge in [-0.25, -0.2) is 0 Å². The van der Waals surface area contributed by atoms with E-state index in [4.69, 9.17) is 10.1 Å². The van der Waals surface area contributed by atoms with Gasteiger partial charge in [0, 0.05) is 18.0 Å². The third-order valence-corrected chi connectivity index (χ3v) is 6.04. The number of hydrogen-bond donors (Lipinski definition) is 1. The Morgan fingerprint density at radius 2 is 1.88 bits per heavy atom. The van der Waals surface area contributed by atoms with Crippen LogP contribution in [0.5, 0.6) is 5.75 Å². The summed E-state index contributed by atoms with van der Waals surface area (Å²) in [4.78, 5) is 20.9. The van der Waals surface area contributed by atoms with E-state index >= 15 is 0 Å². The fraction of sp³-hybridized carbons (Fsp3) is 0.0800. The lowest BCUT2D eigenvalue weighted by Gasteiger charge is -2.20. The molecule has 8 heteroatoms. The van der Waals surface area contributed by atoms with Crippen molar-refractivity contribution in [2.24, 2.45) is 10.1 Å². The van der Waals surface area contributed by atoms with Gasteiger partial charge in [0.2, 0.25) is 5.17 Å². The number of thioether (sulfide) groups is 1. The third kappa shape index (κ3) is 4.47. The number of hydrazone groups is 1. The highest BCUT2D eigenvalue weighted by Gasteiger charge is 2.36. The highest BCUT2D eigenvalue weighted by atomic mass is 32.2. The van der Waals surface area contributed by atoms with Crippen molar-refractivity contribution in [3.05, 3.63) is 101 Å². The first-order valence-electron chi connectivity index (χ1n) is 10.3. The number of pyridine rings is 1. The maximum Gasteiger partial charge on any atom is 0.283 e. The second-order valence-electron chi connectivity index (χ2n) is 7.51. The Balaban J connectivity index is 1.31. The summed E-state index contributed by atoms with van der Waals surface area (Å²) in [6.45, 7) is 2.53. The van der Waals surface area contributed by atoms with Gasteiger partial charge in [-0.1, -0.05) is 42.0 Å². The predicted octanol–water partition coefficient (Wildman–Crippen LogP) is 4.64. The van der Waals surface area contributed by atoms with Crippen molar-refractivity contribution in [1.29, 1.82) is 5.41 Å². The summed E-state index contributed by atoms with van der Waals surface area (Å²) in [5, 5.41) is 15.4. The number of nitrogens with one attached hydrogen (secondary N) is 1. The second-order valence-corrected chi connectivity index (χ2v) is 8.47. The molecule has 2 aromatic carbocycles. The molecule has 1 N–H and O–H groups in total. The van der Waals surface area contributed by atoms with Crippen LogP contribution in [-0.2, 0) is 11.4 Å². The molecule has 3 heterocycles. The molecule has 7 nitrogen and oxygen atoms in total. The summed E-state index contributed by atoms with van der Waals surface area (Å²) in [6.07, 6.45) is 5.02. The average molecular weight is 454 g/mol. The highest BCUT2D eigenvalue weighted by molar-refractivity contribution is 8.27. The van der Waals surface area contributed by atoms with Crippen LogP contribution >= 0.6 is 11.8 Å². The number of fused-ring (bicyclic) bond motifs is 1. The van der Waals surface area contributed by atoms with Gasteiger partial charge in [-0.3, -0.25) is 15.2 Å². The molecule has 1 aromatic heterocycles. The van der Waals surface area contributed by atoms with Crippen LogP contribution in [0.1, 0.15) is 22.3 Å². The minimum atomic E-state index is -0.457. The van der Waals surface area contributed by atoms with Crippen molar-refractivity contribution in [1.82, 2.24) is 9.99 Å². The van der Waals surface area contributed by atoms with Gasteiger partial charge in [0.15, 0.2) is 5.84 Å². The van der Waals surface area contributed by atoms with E-state index in [9.17, 15) is 4.79 Å². The Hall–Kier alpha value is -4.04. The number of aromatic nitrogens is 1. The van der Waals surface area contributed by atoms with E-state index in [2.05, 4.69) is 34.1 Å². The monoisotopic (exact) mass is 453 g/mol. The number of nitrogens with zero attached hydrogens (tertiary/aromatic N) is 4. The maximum atomic E-state index is 12.6. The van der Waals surface area contributed by atoms with Crippen LogP contribution in [0.2, 0.25) is 0 Å². The number of aliphatic imine (C=N–C) groups is 1. The number of amides is 1. The molecule has 0 aliphatic carbocycles. The molecule has 1 amide bonds. The summed E-state index contributed by atoms with van der Waals surface area (Å²) in [5.41, 5.74) is 4.07. The minimum absolute atomic E-state index is 0.00362. The standard InChI is InChI=1S/C25H19N5O2S/c1-16-4-6-18(7-5-16)15-32-20-10-8-17(9-11-20)13-21-22(26)30-25(28-23(21)31)33-24(29-30)19-3-2-12-27-14-19/h2-14,26H,15H2,1H3/b21-13-,26-22?.